The van der Waals surface area contributed by atoms with Crippen LogP contribution >= 0.6 is 0 Å². The number of quaternary nitrogens is 1. The van der Waals surface area contributed by atoms with Gasteiger partial charge in [0.1, 0.15) is 6.04 Å². The van der Waals surface area contributed by atoms with Crippen LogP contribution in [0.2, 0.25) is 0 Å². The van der Waals surface area contributed by atoms with E-state index >= 15 is 0 Å². The summed E-state index contributed by atoms with van der Waals surface area (Å²) in [6, 6.07) is 5.26. The van der Waals surface area contributed by atoms with Gasteiger partial charge in [-0.1, -0.05) is 12.1 Å². The molecule has 1 rings (SSSR count). The number of benzene rings is 1. The van der Waals surface area contributed by atoms with Crippen LogP contribution in [0.5, 0.6) is 0 Å². The third kappa shape index (κ3) is 5.04. The van der Waals surface area contributed by atoms with E-state index in [0.717, 1.165) is 5.56 Å². The number of carbonyl (C=O) groups is 2. The maximum Gasteiger partial charge on any atom is 0.326 e. The topological polar surface area (TPSA) is 114 Å². The molecule has 0 aliphatic carbocycles. The zero-order valence-electron chi connectivity index (χ0n) is 10.4. The van der Waals surface area contributed by atoms with E-state index in [1.165, 1.54) is 19.1 Å². The zero-order chi connectivity index (χ0) is 14.4. The Hall–Kier alpha value is -1.96. The van der Waals surface area contributed by atoms with Crippen molar-refractivity contribution < 1.29 is 25.1 Å². The van der Waals surface area contributed by atoms with Crippen LogP contribution < -0.4 is 10.5 Å². The van der Waals surface area contributed by atoms with Crippen molar-refractivity contribution in [2.24, 2.45) is 0 Å². The third-order valence-electron chi connectivity index (χ3n) is 2.60. The number of carboxylic acid groups (broad SMARTS) is 1. The zero-order valence-corrected chi connectivity index (χ0v) is 10.4. The molecule has 0 aromatic heterocycles. The molecule has 1 amide bonds. The lowest BCUT2D eigenvalue weighted by Gasteiger charge is -2.14. The van der Waals surface area contributed by atoms with Crippen LogP contribution in [0.4, 0.5) is 5.69 Å². The normalized spacial score (nSPS) is 13.6. The molecule has 1 aromatic carbocycles. The Balaban J connectivity index is 2.59. The van der Waals surface area contributed by atoms with E-state index in [2.05, 4.69) is 5.32 Å². The van der Waals surface area contributed by atoms with E-state index in [4.69, 9.17) is 10.3 Å². The number of nitrogens with one attached hydrogen (secondary N) is 2. The number of aliphatic carboxylic acids is 1. The summed E-state index contributed by atoms with van der Waals surface area (Å²) in [4.78, 5) is 21.8. The summed E-state index contributed by atoms with van der Waals surface area (Å²) < 4.78 is 0. The summed E-state index contributed by atoms with van der Waals surface area (Å²) >= 11 is 0. The Bertz CT molecular complexity index is 444. The van der Waals surface area contributed by atoms with Crippen LogP contribution in [0.25, 0.3) is 0 Å². The molecule has 0 aliphatic rings. The van der Waals surface area contributed by atoms with E-state index in [0.29, 0.717) is 6.42 Å². The molecule has 1 aromatic rings. The molecule has 19 heavy (non-hydrogen) atoms. The molecule has 0 spiro atoms. The van der Waals surface area contributed by atoms with Crippen molar-refractivity contribution in [3.05, 3.63) is 35.0 Å². The number of rotatable bonds is 6. The molecule has 2 atom stereocenters. The number of hydrogen-bond donors (Lipinski definition) is 4. The Morgan fingerprint density at radius 3 is 2.37 bits per heavy atom. The van der Waals surface area contributed by atoms with Crippen LogP contribution in [0.15, 0.2) is 24.3 Å². The molecule has 7 heteroatoms. The number of amides is 1. The summed E-state index contributed by atoms with van der Waals surface area (Å²) in [5.41, 5.74) is 1.00. The van der Waals surface area contributed by atoms with Gasteiger partial charge in [-0.15, -0.1) is 0 Å². The third-order valence-corrected chi connectivity index (χ3v) is 2.60. The Kier molecular flexibility index (Phi) is 5.43. The molecule has 0 aliphatic heterocycles. The van der Waals surface area contributed by atoms with E-state index in [9.17, 15) is 14.8 Å². The molecule has 0 bridgehead atoms. The first kappa shape index (κ1) is 15.1. The van der Waals surface area contributed by atoms with Crippen molar-refractivity contribution in [1.82, 2.24) is 5.32 Å². The first-order valence-corrected chi connectivity index (χ1v) is 5.72. The van der Waals surface area contributed by atoms with E-state index < -0.39 is 23.1 Å². The number of aryl methyl sites for hydroxylation is 1. The number of hydrogen-bond acceptors (Lipinski definition) is 4. The average molecular weight is 268 g/mol. The second kappa shape index (κ2) is 6.83. The highest BCUT2D eigenvalue weighted by molar-refractivity contribution is 5.82. The Labute approximate surface area is 110 Å². The monoisotopic (exact) mass is 268 g/mol. The lowest BCUT2D eigenvalue weighted by Crippen LogP contribution is -2.99. The summed E-state index contributed by atoms with van der Waals surface area (Å²) in [6.45, 7) is 1.26. The minimum Gasteiger partial charge on any atom is -0.595 e. The van der Waals surface area contributed by atoms with Crippen LogP contribution in [-0.4, -0.2) is 28.2 Å². The maximum absolute atomic E-state index is 10.9. The summed E-state index contributed by atoms with van der Waals surface area (Å²) in [5, 5.41) is 29.7. The van der Waals surface area contributed by atoms with Crippen LogP contribution in [0.3, 0.4) is 0 Å². The quantitative estimate of drug-likeness (QED) is 0.525. The minimum absolute atomic E-state index is 0.181. The fourth-order valence-electron chi connectivity index (χ4n) is 1.63. The highest BCUT2D eigenvalue weighted by atomic mass is 16.8. The molecule has 0 saturated carbocycles. The predicted octanol–water partition coefficient (Wildman–Crippen LogP) is -0.388. The highest BCUT2D eigenvalue weighted by Crippen LogP contribution is 2.09. The van der Waals surface area contributed by atoms with Crippen molar-refractivity contribution in [2.45, 2.75) is 25.8 Å². The number of carboxylic acids is 1. The molecular weight excluding hydrogens is 252 g/mol. The highest BCUT2D eigenvalue weighted by Gasteiger charge is 2.17. The van der Waals surface area contributed by atoms with Gasteiger partial charge in [-0.3, -0.25) is 4.79 Å². The van der Waals surface area contributed by atoms with Gasteiger partial charge < -0.3 is 15.6 Å². The van der Waals surface area contributed by atoms with Gasteiger partial charge in [0.15, 0.2) is 5.69 Å². The van der Waals surface area contributed by atoms with Gasteiger partial charge >= 0.3 is 5.97 Å². The first-order chi connectivity index (χ1) is 8.90. The minimum atomic E-state index is -1.09. The van der Waals surface area contributed by atoms with E-state index in [-0.39, 0.29) is 12.1 Å². The van der Waals surface area contributed by atoms with E-state index in [1.807, 2.05) is 0 Å². The molecule has 0 saturated heterocycles. The average Bonchev–Trinajstić information content (AvgIpc) is 2.34. The van der Waals surface area contributed by atoms with Crippen molar-refractivity contribution in [2.75, 3.05) is 0 Å². The van der Waals surface area contributed by atoms with Crippen molar-refractivity contribution >= 4 is 17.6 Å². The predicted molar refractivity (Wildman–Crippen MR) is 65.8 cm³/mol. The molecule has 4 N–H and O–H groups in total. The first-order valence-electron chi connectivity index (χ1n) is 5.72. The SMILES string of the molecule is CC(=O)NC(CCc1ccc([NH+]([O-])O)cc1)C(=O)O. The molecular formula is C12H16N2O5. The van der Waals surface area contributed by atoms with E-state index in [1.54, 1.807) is 12.1 Å². The second-order valence-corrected chi connectivity index (χ2v) is 4.13. The van der Waals surface area contributed by atoms with Gasteiger partial charge in [0, 0.05) is 19.1 Å². The van der Waals surface area contributed by atoms with Crippen molar-refractivity contribution in [3.8, 4) is 0 Å². The van der Waals surface area contributed by atoms with Crippen molar-refractivity contribution in [3.63, 3.8) is 0 Å². The second-order valence-electron chi connectivity index (χ2n) is 4.13. The molecule has 0 radical (unpaired) electrons. The van der Waals surface area contributed by atoms with Gasteiger partial charge in [0.2, 0.25) is 5.91 Å². The molecule has 0 heterocycles. The largest absolute Gasteiger partial charge is 0.595 e. The fourth-order valence-corrected chi connectivity index (χ4v) is 1.63. The summed E-state index contributed by atoms with van der Waals surface area (Å²) in [5.74, 6) is -1.48. The smallest absolute Gasteiger partial charge is 0.326 e. The van der Waals surface area contributed by atoms with Crippen LogP contribution in [0, 0.1) is 5.21 Å². The van der Waals surface area contributed by atoms with Gasteiger partial charge in [-0.05, 0) is 18.4 Å². The maximum atomic E-state index is 10.9. The molecule has 0 fully saturated rings. The standard InChI is InChI=1S/C12H16N2O5/c1-8(15)13-11(12(16)17)7-4-9-2-5-10(6-3-9)14(18)19/h2-3,5-6,11,14,18H,4,7H2,1H3,(H,13,15)(H,16,17). The molecule has 104 valence electrons. The van der Waals surface area contributed by atoms with Gasteiger partial charge in [-0.2, -0.15) is 5.23 Å². The Morgan fingerprint density at radius 2 is 1.95 bits per heavy atom. The summed E-state index contributed by atoms with van der Waals surface area (Å²) in [7, 11) is 0. The fraction of sp³-hybridized carbons (Fsp3) is 0.333. The lowest BCUT2D eigenvalue weighted by atomic mass is 10.0. The number of carbonyl (C=O) groups excluding carboxylic acids is 1. The lowest BCUT2D eigenvalue weighted by molar-refractivity contribution is -0.991. The molecule has 2 unspecified atom stereocenters. The van der Waals surface area contributed by atoms with Gasteiger partial charge in [0.25, 0.3) is 0 Å². The van der Waals surface area contributed by atoms with Crippen LogP contribution in [0.1, 0.15) is 18.9 Å². The van der Waals surface area contributed by atoms with Crippen molar-refractivity contribution in [1.29, 1.82) is 0 Å². The summed E-state index contributed by atoms with van der Waals surface area (Å²) in [6.07, 6.45) is 0.693. The van der Waals surface area contributed by atoms with Crippen LogP contribution in [-0.2, 0) is 16.0 Å². The van der Waals surface area contributed by atoms with Gasteiger partial charge in [0.05, 0.1) is 0 Å². The molecule has 7 nitrogen and oxygen atoms in total. The van der Waals surface area contributed by atoms with Gasteiger partial charge in [-0.25, -0.2) is 10.0 Å². The Morgan fingerprint density at radius 1 is 1.37 bits per heavy atom.